The Morgan fingerprint density at radius 3 is 2.35 bits per heavy atom. The van der Waals surface area contributed by atoms with Crippen molar-refractivity contribution in [2.75, 3.05) is 0 Å². The van der Waals surface area contributed by atoms with E-state index < -0.39 is 17.6 Å². The largest absolute Gasteiger partial charge is 0.416 e. The quantitative estimate of drug-likeness (QED) is 0.704. The zero-order valence-electron chi connectivity index (χ0n) is 11.0. The Hall–Kier alpha value is -1.91. The highest BCUT2D eigenvalue weighted by molar-refractivity contribution is 5.64. The third-order valence-electron chi connectivity index (χ3n) is 3.01. The molecule has 0 spiro atoms. The van der Waals surface area contributed by atoms with Gasteiger partial charge in [0.1, 0.15) is 5.82 Å². The highest BCUT2D eigenvalue weighted by Gasteiger charge is 2.31. The van der Waals surface area contributed by atoms with Gasteiger partial charge in [0.15, 0.2) is 0 Å². The highest BCUT2D eigenvalue weighted by atomic mass is 19.4. The SMILES string of the molecule is CC(C)c1cccnc1-c1ccc(C(F)(F)F)cc1F. The number of halogens is 4. The average molecular weight is 283 g/mol. The zero-order valence-corrected chi connectivity index (χ0v) is 11.0. The van der Waals surface area contributed by atoms with Gasteiger partial charge in [0.05, 0.1) is 11.3 Å². The van der Waals surface area contributed by atoms with Gasteiger partial charge < -0.3 is 0 Å². The van der Waals surface area contributed by atoms with Crippen LogP contribution in [0.4, 0.5) is 17.6 Å². The molecular weight excluding hydrogens is 270 g/mol. The molecule has 0 atom stereocenters. The summed E-state index contributed by atoms with van der Waals surface area (Å²) < 4.78 is 51.6. The fraction of sp³-hybridized carbons (Fsp3) is 0.267. The minimum Gasteiger partial charge on any atom is -0.256 e. The van der Waals surface area contributed by atoms with Crippen LogP contribution in [-0.2, 0) is 6.18 Å². The summed E-state index contributed by atoms with van der Waals surface area (Å²) >= 11 is 0. The van der Waals surface area contributed by atoms with E-state index in [1.54, 1.807) is 12.1 Å². The standard InChI is InChI=1S/C15H13F4N/c1-9(2)11-4-3-7-20-14(11)12-6-5-10(8-13(12)16)15(17,18)19/h3-9H,1-2H3. The third kappa shape index (κ3) is 2.81. The van der Waals surface area contributed by atoms with E-state index in [-0.39, 0.29) is 11.5 Å². The summed E-state index contributed by atoms with van der Waals surface area (Å²) in [7, 11) is 0. The van der Waals surface area contributed by atoms with Crippen molar-refractivity contribution < 1.29 is 17.6 Å². The summed E-state index contributed by atoms with van der Waals surface area (Å²) in [6.07, 6.45) is -3.05. The first-order valence-corrected chi connectivity index (χ1v) is 6.12. The molecule has 0 saturated heterocycles. The molecule has 5 heteroatoms. The molecule has 2 rings (SSSR count). The van der Waals surface area contributed by atoms with Gasteiger partial charge in [-0.05, 0) is 35.7 Å². The number of nitrogens with zero attached hydrogens (tertiary/aromatic N) is 1. The second-order valence-corrected chi connectivity index (χ2v) is 4.79. The van der Waals surface area contributed by atoms with Crippen molar-refractivity contribution in [3.05, 3.63) is 53.5 Å². The number of rotatable bonds is 2. The second-order valence-electron chi connectivity index (χ2n) is 4.79. The molecule has 0 saturated carbocycles. The van der Waals surface area contributed by atoms with Crippen LogP contribution in [0.5, 0.6) is 0 Å². The Kier molecular flexibility index (Phi) is 3.79. The van der Waals surface area contributed by atoms with E-state index in [2.05, 4.69) is 4.98 Å². The molecule has 0 aliphatic carbocycles. The van der Waals surface area contributed by atoms with E-state index in [0.29, 0.717) is 11.8 Å². The smallest absolute Gasteiger partial charge is 0.256 e. The van der Waals surface area contributed by atoms with Crippen molar-refractivity contribution in [1.82, 2.24) is 4.98 Å². The Labute approximate surface area is 114 Å². The van der Waals surface area contributed by atoms with E-state index in [0.717, 1.165) is 17.7 Å². The van der Waals surface area contributed by atoms with Crippen molar-refractivity contribution in [2.45, 2.75) is 25.9 Å². The molecule has 0 aliphatic heterocycles. The molecule has 0 radical (unpaired) electrons. The lowest BCUT2D eigenvalue weighted by molar-refractivity contribution is -0.137. The maximum absolute atomic E-state index is 14.0. The first-order chi connectivity index (χ1) is 9.30. The number of benzene rings is 1. The maximum atomic E-state index is 14.0. The van der Waals surface area contributed by atoms with Crippen LogP contribution in [0.1, 0.15) is 30.9 Å². The van der Waals surface area contributed by atoms with Gasteiger partial charge in [-0.15, -0.1) is 0 Å². The summed E-state index contributed by atoms with van der Waals surface area (Å²) in [5.41, 5.74) is 0.267. The Bertz CT molecular complexity index is 618. The molecule has 0 fully saturated rings. The van der Waals surface area contributed by atoms with Crippen LogP contribution >= 0.6 is 0 Å². The molecule has 1 nitrogen and oxygen atoms in total. The van der Waals surface area contributed by atoms with Crippen LogP contribution < -0.4 is 0 Å². The molecule has 0 N–H and O–H groups in total. The topological polar surface area (TPSA) is 12.9 Å². The normalized spacial score (nSPS) is 11.9. The van der Waals surface area contributed by atoms with Gasteiger partial charge in [-0.2, -0.15) is 13.2 Å². The molecule has 1 heterocycles. The van der Waals surface area contributed by atoms with Crippen molar-refractivity contribution in [1.29, 1.82) is 0 Å². The molecule has 1 aromatic carbocycles. The van der Waals surface area contributed by atoms with Crippen LogP contribution in [0.3, 0.4) is 0 Å². The minimum absolute atomic E-state index is 0.0855. The fourth-order valence-corrected chi connectivity index (χ4v) is 1.99. The van der Waals surface area contributed by atoms with Crippen LogP contribution in [0.15, 0.2) is 36.5 Å². The van der Waals surface area contributed by atoms with Gasteiger partial charge in [0.2, 0.25) is 0 Å². The number of alkyl halides is 3. The predicted molar refractivity (Wildman–Crippen MR) is 68.7 cm³/mol. The van der Waals surface area contributed by atoms with Gasteiger partial charge in [-0.3, -0.25) is 4.98 Å². The van der Waals surface area contributed by atoms with Crippen LogP contribution in [0, 0.1) is 5.82 Å². The minimum atomic E-state index is -4.55. The number of aromatic nitrogens is 1. The van der Waals surface area contributed by atoms with Crippen molar-refractivity contribution in [2.24, 2.45) is 0 Å². The van der Waals surface area contributed by atoms with Crippen LogP contribution in [0.2, 0.25) is 0 Å². The van der Waals surface area contributed by atoms with Gasteiger partial charge in [0, 0.05) is 11.8 Å². The van der Waals surface area contributed by atoms with E-state index in [1.807, 2.05) is 13.8 Å². The van der Waals surface area contributed by atoms with Gasteiger partial charge in [-0.1, -0.05) is 19.9 Å². The van der Waals surface area contributed by atoms with E-state index in [9.17, 15) is 17.6 Å². The fourth-order valence-electron chi connectivity index (χ4n) is 1.99. The molecule has 2 aromatic rings. The number of pyridine rings is 1. The Morgan fingerprint density at radius 1 is 1.10 bits per heavy atom. The summed E-state index contributed by atoms with van der Waals surface area (Å²) in [4.78, 5) is 4.10. The highest BCUT2D eigenvalue weighted by Crippen LogP contribution is 2.34. The lowest BCUT2D eigenvalue weighted by Crippen LogP contribution is -2.06. The number of hydrogen-bond acceptors (Lipinski definition) is 1. The van der Waals surface area contributed by atoms with Gasteiger partial charge in [-0.25, -0.2) is 4.39 Å². The summed E-state index contributed by atoms with van der Waals surface area (Å²) in [5, 5.41) is 0. The molecule has 0 unspecified atom stereocenters. The van der Waals surface area contributed by atoms with Crippen molar-refractivity contribution in [3.63, 3.8) is 0 Å². The van der Waals surface area contributed by atoms with E-state index in [4.69, 9.17) is 0 Å². The Morgan fingerprint density at radius 2 is 1.80 bits per heavy atom. The lowest BCUT2D eigenvalue weighted by atomic mass is 9.96. The van der Waals surface area contributed by atoms with Crippen LogP contribution in [-0.4, -0.2) is 4.98 Å². The second kappa shape index (κ2) is 5.23. The molecular formula is C15H13F4N. The Balaban J connectivity index is 2.55. The lowest BCUT2D eigenvalue weighted by Gasteiger charge is -2.13. The first-order valence-electron chi connectivity index (χ1n) is 6.12. The van der Waals surface area contributed by atoms with Crippen molar-refractivity contribution >= 4 is 0 Å². The van der Waals surface area contributed by atoms with Gasteiger partial charge in [0.25, 0.3) is 0 Å². The van der Waals surface area contributed by atoms with Gasteiger partial charge >= 0.3 is 6.18 Å². The molecule has 1 aromatic heterocycles. The first kappa shape index (κ1) is 14.5. The molecule has 0 bridgehead atoms. The van der Waals surface area contributed by atoms with E-state index in [1.165, 1.54) is 6.20 Å². The average Bonchev–Trinajstić information content (AvgIpc) is 2.37. The zero-order chi connectivity index (χ0) is 14.9. The monoisotopic (exact) mass is 283 g/mol. The maximum Gasteiger partial charge on any atom is 0.416 e. The molecule has 0 aliphatic rings. The van der Waals surface area contributed by atoms with E-state index >= 15 is 0 Å². The molecule has 106 valence electrons. The molecule has 20 heavy (non-hydrogen) atoms. The van der Waals surface area contributed by atoms with Crippen molar-refractivity contribution in [3.8, 4) is 11.3 Å². The molecule has 0 amide bonds. The summed E-state index contributed by atoms with van der Waals surface area (Å²) in [6, 6.07) is 6.03. The van der Waals surface area contributed by atoms with Crippen LogP contribution in [0.25, 0.3) is 11.3 Å². The summed E-state index contributed by atoms with van der Waals surface area (Å²) in [6.45, 7) is 3.84. The summed E-state index contributed by atoms with van der Waals surface area (Å²) in [5.74, 6) is -0.819. The third-order valence-corrected chi connectivity index (χ3v) is 3.01. The number of hydrogen-bond donors (Lipinski definition) is 0. The predicted octanol–water partition coefficient (Wildman–Crippen LogP) is 5.03.